The molecule has 0 unspecified atom stereocenters. The van der Waals surface area contributed by atoms with Crippen LogP contribution in [0.15, 0.2) is 0 Å². The smallest absolute Gasteiger partial charge is 0.231 e. The maximum Gasteiger partial charge on any atom is 0.231 e. The molecule has 1 aliphatic rings. The van der Waals surface area contributed by atoms with E-state index in [1.165, 1.54) is 32.1 Å². The Morgan fingerprint density at radius 2 is 1.56 bits per heavy atom. The summed E-state index contributed by atoms with van der Waals surface area (Å²) in [5.74, 6) is 1.64. The predicted octanol–water partition coefficient (Wildman–Crippen LogP) is 1.29. The largest absolute Gasteiger partial charge is 0.368 e. The summed E-state index contributed by atoms with van der Waals surface area (Å²) in [6.07, 6.45) is 6.32. The number of nitrogens with two attached hydrogens (primary N) is 1. The van der Waals surface area contributed by atoms with Gasteiger partial charge in [0.15, 0.2) is 0 Å². The molecule has 1 aliphatic heterocycles. The third-order valence-electron chi connectivity index (χ3n) is 3.17. The van der Waals surface area contributed by atoms with Crippen LogP contribution in [0.25, 0.3) is 0 Å². The number of anilines is 3. The Hall–Kier alpha value is -1.59. The molecular formula is C12H22N6. The van der Waals surface area contributed by atoms with E-state index in [9.17, 15) is 0 Å². The maximum atomic E-state index is 5.76. The molecular weight excluding hydrogens is 228 g/mol. The van der Waals surface area contributed by atoms with E-state index in [0.29, 0.717) is 17.8 Å². The van der Waals surface area contributed by atoms with Gasteiger partial charge in [0, 0.05) is 27.2 Å². The fourth-order valence-electron chi connectivity index (χ4n) is 2.16. The quantitative estimate of drug-likeness (QED) is 0.853. The number of nitrogen functional groups attached to an aromatic ring is 1. The topological polar surface area (TPSA) is 71.2 Å². The number of hydrogen-bond donors (Lipinski definition) is 1. The van der Waals surface area contributed by atoms with Crippen LogP contribution in [0.4, 0.5) is 17.8 Å². The molecule has 0 bridgehead atoms. The van der Waals surface area contributed by atoms with E-state index in [1.807, 2.05) is 19.0 Å². The van der Waals surface area contributed by atoms with Crippen LogP contribution in [0.3, 0.4) is 0 Å². The van der Waals surface area contributed by atoms with Gasteiger partial charge in [0.05, 0.1) is 0 Å². The van der Waals surface area contributed by atoms with Gasteiger partial charge in [0.1, 0.15) is 0 Å². The minimum Gasteiger partial charge on any atom is -0.368 e. The summed E-state index contributed by atoms with van der Waals surface area (Å²) >= 11 is 0. The minimum atomic E-state index is 0.297. The van der Waals surface area contributed by atoms with Crippen molar-refractivity contribution < 1.29 is 0 Å². The van der Waals surface area contributed by atoms with Crippen molar-refractivity contribution >= 4 is 17.8 Å². The molecule has 0 aliphatic carbocycles. The van der Waals surface area contributed by atoms with Crippen molar-refractivity contribution in [1.29, 1.82) is 0 Å². The van der Waals surface area contributed by atoms with Crippen LogP contribution >= 0.6 is 0 Å². The van der Waals surface area contributed by atoms with Crippen LogP contribution in [0, 0.1) is 0 Å². The first-order valence-corrected chi connectivity index (χ1v) is 6.60. The van der Waals surface area contributed by atoms with Gasteiger partial charge in [0.25, 0.3) is 0 Å². The average molecular weight is 250 g/mol. The first-order chi connectivity index (χ1) is 8.66. The second kappa shape index (κ2) is 5.84. The van der Waals surface area contributed by atoms with Crippen molar-refractivity contribution in [3.63, 3.8) is 0 Å². The van der Waals surface area contributed by atoms with Gasteiger partial charge < -0.3 is 15.5 Å². The number of rotatable bonds is 2. The summed E-state index contributed by atoms with van der Waals surface area (Å²) in [6, 6.07) is 0. The molecule has 1 saturated heterocycles. The molecule has 1 aromatic rings. The summed E-state index contributed by atoms with van der Waals surface area (Å²) in [7, 11) is 3.82. The van der Waals surface area contributed by atoms with Crippen LogP contribution in [-0.4, -0.2) is 42.1 Å². The van der Waals surface area contributed by atoms with E-state index in [1.54, 1.807) is 0 Å². The maximum absolute atomic E-state index is 5.76. The molecule has 6 heteroatoms. The van der Waals surface area contributed by atoms with Gasteiger partial charge in [-0.15, -0.1) is 0 Å². The molecule has 0 radical (unpaired) electrons. The lowest BCUT2D eigenvalue weighted by molar-refractivity contribution is 0.550. The van der Waals surface area contributed by atoms with E-state index in [4.69, 9.17) is 5.73 Å². The molecule has 0 spiro atoms. The van der Waals surface area contributed by atoms with Crippen molar-refractivity contribution in [2.24, 2.45) is 0 Å². The molecule has 2 heterocycles. The van der Waals surface area contributed by atoms with E-state index in [2.05, 4.69) is 19.9 Å². The molecule has 0 aromatic carbocycles. The van der Waals surface area contributed by atoms with E-state index in [-0.39, 0.29) is 0 Å². The Morgan fingerprint density at radius 3 is 2.17 bits per heavy atom. The Balaban J connectivity index is 2.19. The number of nitrogens with zero attached hydrogens (tertiary/aromatic N) is 5. The highest BCUT2D eigenvalue weighted by Gasteiger charge is 2.14. The second-order valence-corrected chi connectivity index (χ2v) is 4.94. The Labute approximate surface area is 108 Å². The van der Waals surface area contributed by atoms with E-state index in [0.717, 1.165) is 13.1 Å². The summed E-state index contributed by atoms with van der Waals surface area (Å²) in [4.78, 5) is 16.9. The highest BCUT2D eigenvalue weighted by Crippen LogP contribution is 2.18. The zero-order chi connectivity index (χ0) is 13.0. The van der Waals surface area contributed by atoms with Gasteiger partial charge in [-0.05, 0) is 12.8 Å². The summed E-state index contributed by atoms with van der Waals surface area (Å²) in [6.45, 7) is 2.02. The minimum absolute atomic E-state index is 0.297. The highest BCUT2D eigenvalue weighted by molar-refractivity contribution is 5.42. The van der Waals surface area contributed by atoms with Crippen molar-refractivity contribution in [3.8, 4) is 0 Å². The molecule has 18 heavy (non-hydrogen) atoms. The van der Waals surface area contributed by atoms with Crippen LogP contribution in [0.1, 0.15) is 32.1 Å². The van der Waals surface area contributed by atoms with Crippen molar-refractivity contribution in [2.45, 2.75) is 32.1 Å². The average Bonchev–Trinajstić information content (AvgIpc) is 2.27. The zero-order valence-corrected chi connectivity index (χ0v) is 11.3. The lowest BCUT2D eigenvalue weighted by atomic mass is 10.1. The van der Waals surface area contributed by atoms with Crippen molar-refractivity contribution in [3.05, 3.63) is 0 Å². The Kier molecular flexibility index (Phi) is 4.17. The Morgan fingerprint density at radius 1 is 0.944 bits per heavy atom. The first kappa shape index (κ1) is 12.9. The molecule has 0 saturated carbocycles. The molecule has 6 nitrogen and oxygen atoms in total. The fraction of sp³-hybridized carbons (Fsp3) is 0.750. The summed E-state index contributed by atoms with van der Waals surface area (Å²) in [5, 5.41) is 0. The fourth-order valence-corrected chi connectivity index (χ4v) is 2.16. The van der Waals surface area contributed by atoms with Gasteiger partial charge in [-0.2, -0.15) is 15.0 Å². The van der Waals surface area contributed by atoms with Gasteiger partial charge >= 0.3 is 0 Å². The third kappa shape index (κ3) is 3.21. The molecule has 2 N–H and O–H groups in total. The van der Waals surface area contributed by atoms with Crippen LogP contribution in [0.5, 0.6) is 0 Å². The monoisotopic (exact) mass is 250 g/mol. The lowest BCUT2D eigenvalue weighted by Gasteiger charge is -2.25. The number of hydrogen-bond acceptors (Lipinski definition) is 6. The van der Waals surface area contributed by atoms with Gasteiger partial charge in [0.2, 0.25) is 17.8 Å². The molecule has 100 valence electrons. The Bertz CT molecular complexity index is 384. The van der Waals surface area contributed by atoms with Crippen LogP contribution < -0.4 is 15.5 Å². The standard InChI is InChI=1S/C12H22N6/c1-17(2)11-14-10(13)15-12(16-11)18-8-6-4-3-5-7-9-18/h3-9H2,1-2H3,(H2,13,14,15,16). The first-order valence-electron chi connectivity index (χ1n) is 6.60. The lowest BCUT2D eigenvalue weighted by Crippen LogP contribution is -2.30. The van der Waals surface area contributed by atoms with Gasteiger partial charge in [-0.3, -0.25) is 0 Å². The highest BCUT2D eigenvalue weighted by atomic mass is 15.3. The second-order valence-electron chi connectivity index (χ2n) is 4.94. The van der Waals surface area contributed by atoms with Crippen LogP contribution in [-0.2, 0) is 0 Å². The number of aromatic nitrogens is 3. The predicted molar refractivity (Wildman–Crippen MR) is 73.9 cm³/mol. The summed E-state index contributed by atoms with van der Waals surface area (Å²) < 4.78 is 0. The van der Waals surface area contributed by atoms with E-state index < -0.39 is 0 Å². The van der Waals surface area contributed by atoms with Gasteiger partial charge in [-0.25, -0.2) is 0 Å². The molecule has 0 atom stereocenters. The third-order valence-corrected chi connectivity index (χ3v) is 3.17. The van der Waals surface area contributed by atoms with Gasteiger partial charge in [-0.1, -0.05) is 19.3 Å². The molecule has 1 aromatic heterocycles. The molecule has 1 fully saturated rings. The zero-order valence-electron chi connectivity index (χ0n) is 11.3. The van der Waals surface area contributed by atoms with E-state index >= 15 is 0 Å². The van der Waals surface area contributed by atoms with Crippen molar-refractivity contribution in [2.75, 3.05) is 42.7 Å². The van der Waals surface area contributed by atoms with Crippen LogP contribution in [0.2, 0.25) is 0 Å². The molecule has 0 amide bonds. The van der Waals surface area contributed by atoms with Crippen molar-refractivity contribution in [1.82, 2.24) is 15.0 Å². The SMILES string of the molecule is CN(C)c1nc(N)nc(N2CCCCCCC2)n1. The molecule has 2 rings (SSSR count). The normalized spacial score (nSPS) is 17.1. The summed E-state index contributed by atoms with van der Waals surface area (Å²) in [5.41, 5.74) is 5.76.